The van der Waals surface area contributed by atoms with Crippen LogP contribution in [0, 0.1) is 5.92 Å². The van der Waals surface area contributed by atoms with Gasteiger partial charge in [0.05, 0.1) is 33.8 Å². The van der Waals surface area contributed by atoms with E-state index in [-0.39, 0.29) is 5.92 Å². The smallest absolute Gasteiger partial charge is 0.206 e. The molecule has 4 heteroatoms. The Labute approximate surface area is 167 Å². The predicted octanol–water partition coefficient (Wildman–Crippen LogP) is 5.83. The molecule has 1 aromatic carbocycles. The van der Waals surface area contributed by atoms with Crippen LogP contribution < -0.4 is 0 Å². The van der Waals surface area contributed by atoms with Crippen LogP contribution in [0.5, 0.6) is 0 Å². The van der Waals surface area contributed by atoms with E-state index < -0.39 is 16.6 Å². The van der Waals surface area contributed by atoms with Crippen LogP contribution in [0.15, 0.2) is 28.0 Å². The molecule has 1 aliphatic heterocycles. The summed E-state index contributed by atoms with van der Waals surface area (Å²) >= 11 is 0. The molecule has 0 bridgehead atoms. The van der Waals surface area contributed by atoms with Gasteiger partial charge in [-0.2, -0.15) is 0 Å². The summed E-state index contributed by atoms with van der Waals surface area (Å²) in [6, 6.07) is 4.52. The minimum atomic E-state index is -1.28. The molecule has 1 saturated heterocycles. The molecule has 0 radical (unpaired) electrons. The van der Waals surface area contributed by atoms with Gasteiger partial charge in [-0.1, -0.05) is 66.7 Å². The first-order chi connectivity index (χ1) is 12.7. The average Bonchev–Trinajstić information content (AvgIpc) is 3.22. The second kappa shape index (κ2) is 7.81. The van der Waals surface area contributed by atoms with E-state index in [0.29, 0.717) is 31.0 Å². The molecular formula is C23H34O3S. The molecule has 1 spiro atoms. The Bertz CT molecular complexity index is 726. The maximum Gasteiger partial charge on any atom is 0.206 e. The molecule has 3 rings (SSSR count). The largest absolute Gasteiger partial charge is 0.343 e. The maximum absolute atomic E-state index is 14.0. The van der Waals surface area contributed by atoms with Crippen LogP contribution in [0.4, 0.5) is 0 Å². The van der Waals surface area contributed by atoms with E-state index in [1.807, 2.05) is 0 Å². The summed E-state index contributed by atoms with van der Waals surface area (Å²) in [7, 11) is -1.28. The predicted molar refractivity (Wildman–Crippen MR) is 112 cm³/mol. The third-order valence-electron chi connectivity index (χ3n) is 5.83. The van der Waals surface area contributed by atoms with Crippen LogP contribution in [0.2, 0.25) is 0 Å². The quantitative estimate of drug-likeness (QED) is 0.634. The van der Waals surface area contributed by atoms with Gasteiger partial charge in [0.15, 0.2) is 0 Å². The second-order valence-corrected chi connectivity index (χ2v) is 10.2. The molecule has 0 saturated carbocycles. The third kappa shape index (κ3) is 3.56. The van der Waals surface area contributed by atoms with Gasteiger partial charge in [0.1, 0.15) is 0 Å². The van der Waals surface area contributed by atoms with Crippen molar-refractivity contribution in [2.45, 2.75) is 83.3 Å². The summed E-state index contributed by atoms with van der Waals surface area (Å²) in [5.41, 5.74) is 3.70. The Hall–Kier alpha value is -0.970. The van der Waals surface area contributed by atoms with E-state index in [0.717, 1.165) is 16.2 Å². The summed E-state index contributed by atoms with van der Waals surface area (Å²) in [6.07, 6.45) is 2.94. The van der Waals surface area contributed by atoms with Gasteiger partial charge < -0.3 is 9.47 Å². The molecule has 1 unspecified atom stereocenters. The minimum absolute atomic E-state index is 0.193. The fourth-order valence-corrected chi connectivity index (χ4v) is 6.16. The molecule has 1 aliphatic carbocycles. The van der Waals surface area contributed by atoms with Gasteiger partial charge in [-0.3, -0.25) is 0 Å². The fourth-order valence-electron chi connectivity index (χ4n) is 4.10. The third-order valence-corrected chi connectivity index (χ3v) is 7.52. The van der Waals surface area contributed by atoms with Crippen molar-refractivity contribution in [2.24, 2.45) is 5.92 Å². The van der Waals surface area contributed by atoms with Crippen molar-refractivity contribution in [2.75, 3.05) is 13.2 Å². The Balaban J connectivity index is 2.16. The molecule has 0 N–H and O–H groups in total. The van der Waals surface area contributed by atoms with Crippen molar-refractivity contribution in [3.05, 3.63) is 39.8 Å². The number of allylic oxidation sites excluding steroid dienone is 1. The number of ether oxygens (including phenoxy) is 2. The molecule has 3 nitrogen and oxygen atoms in total. The van der Waals surface area contributed by atoms with Gasteiger partial charge in [-0.25, -0.2) is 4.21 Å². The van der Waals surface area contributed by atoms with Crippen molar-refractivity contribution in [3.8, 4) is 0 Å². The topological polar surface area (TPSA) is 35.5 Å². The lowest BCUT2D eigenvalue weighted by atomic mass is 9.89. The fraction of sp³-hybridized carbons (Fsp3) is 0.652. The molecule has 27 heavy (non-hydrogen) atoms. The summed E-state index contributed by atoms with van der Waals surface area (Å²) < 4.78 is 26.1. The second-order valence-electron chi connectivity index (χ2n) is 8.83. The molecule has 2 aliphatic rings. The molecule has 2 atom stereocenters. The van der Waals surface area contributed by atoms with Gasteiger partial charge in [0.2, 0.25) is 5.79 Å². The van der Waals surface area contributed by atoms with E-state index in [2.05, 4.69) is 66.7 Å². The van der Waals surface area contributed by atoms with Gasteiger partial charge in [0, 0.05) is 5.92 Å². The van der Waals surface area contributed by atoms with Crippen LogP contribution in [0.1, 0.15) is 89.3 Å². The summed E-state index contributed by atoms with van der Waals surface area (Å²) in [4.78, 5) is 1.79. The molecule has 150 valence electrons. The van der Waals surface area contributed by atoms with E-state index in [4.69, 9.17) is 9.47 Å². The van der Waals surface area contributed by atoms with Crippen LogP contribution >= 0.6 is 0 Å². The monoisotopic (exact) mass is 390 g/mol. The molecule has 0 amide bonds. The Kier molecular flexibility index (Phi) is 6.00. The summed E-state index contributed by atoms with van der Waals surface area (Å²) in [6.45, 7) is 16.5. The molecule has 1 aromatic rings. The van der Waals surface area contributed by atoms with Crippen molar-refractivity contribution >= 4 is 10.8 Å². The number of benzene rings is 1. The van der Waals surface area contributed by atoms with Crippen LogP contribution in [-0.4, -0.2) is 23.2 Å². The summed E-state index contributed by atoms with van der Waals surface area (Å²) in [5.74, 6) is 0.450. The molecule has 1 heterocycles. The van der Waals surface area contributed by atoms with E-state index >= 15 is 0 Å². The first-order valence-corrected chi connectivity index (χ1v) is 11.4. The highest BCUT2D eigenvalue weighted by Crippen LogP contribution is 2.47. The van der Waals surface area contributed by atoms with Crippen LogP contribution in [0.25, 0.3) is 0 Å². The van der Waals surface area contributed by atoms with Crippen LogP contribution in [0.3, 0.4) is 0 Å². The normalized spacial score (nSPS) is 23.0. The van der Waals surface area contributed by atoms with E-state index in [1.54, 1.807) is 0 Å². The average molecular weight is 391 g/mol. The Morgan fingerprint density at radius 1 is 0.963 bits per heavy atom. The van der Waals surface area contributed by atoms with E-state index in [1.165, 1.54) is 16.7 Å². The highest BCUT2D eigenvalue weighted by molar-refractivity contribution is 7.89. The molecular weight excluding hydrogens is 356 g/mol. The van der Waals surface area contributed by atoms with Crippen molar-refractivity contribution in [1.82, 2.24) is 0 Å². The van der Waals surface area contributed by atoms with Crippen LogP contribution in [-0.2, 0) is 20.3 Å². The zero-order valence-corrected chi connectivity index (χ0v) is 18.6. The standard InChI is InChI=1S/C23H34O3S/c1-14(2)18-12-19(15(3)4)22(20(13-18)16(5)6)27(24)21-9-8-17(7)23(21)25-10-11-26-23/h9,12-17H,8,10-11H2,1-7H3/t17?,27-/m1/s1. The van der Waals surface area contributed by atoms with Gasteiger partial charge in [-0.05, 0) is 40.9 Å². The number of rotatable bonds is 5. The maximum atomic E-state index is 14.0. The Morgan fingerprint density at radius 2 is 1.48 bits per heavy atom. The lowest BCUT2D eigenvalue weighted by Crippen LogP contribution is -2.38. The number of hydrogen-bond donors (Lipinski definition) is 0. The van der Waals surface area contributed by atoms with Crippen molar-refractivity contribution in [3.63, 3.8) is 0 Å². The lowest BCUT2D eigenvalue weighted by Gasteiger charge is -2.31. The molecule has 0 aromatic heterocycles. The SMILES string of the molecule is CC(C)c1cc(C(C)C)c([S@](=O)C2=CCC(C)C23OCCO3)c(C(C)C)c1. The Morgan fingerprint density at radius 3 is 1.93 bits per heavy atom. The summed E-state index contributed by atoms with van der Waals surface area (Å²) in [5, 5.41) is 0. The molecule has 1 fully saturated rings. The van der Waals surface area contributed by atoms with E-state index in [9.17, 15) is 4.21 Å². The first-order valence-electron chi connectivity index (χ1n) is 10.3. The lowest BCUT2D eigenvalue weighted by molar-refractivity contribution is -0.147. The highest BCUT2D eigenvalue weighted by Gasteiger charge is 2.51. The first kappa shape index (κ1) is 20.8. The van der Waals surface area contributed by atoms with Crippen molar-refractivity contribution < 1.29 is 13.7 Å². The highest BCUT2D eigenvalue weighted by atomic mass is 32.2. The minimum Gasteiger partial charge on any atom is -0.343 e. The van der Waals surface area contributed by atoms with Crippen molar-refractivity contribution in [1.29, 1.82) is 0 Å². The van der Waals surface area contributed by atoms with Gasteiger partial charge in [-0.15, -0.1) is 0 Å². The number of hydrogen-bond acceptors (Lipinski definition) is 3. The zero-order chi connectivity index (χ0) is 19.9. The van der Waals surface area contributed by atoms with Gasteiger partial charge in [0.25, 0.3) is 0 Å². The zero-order valence-electron chi connectivity index (χ0n) is 17.8. The van der Waals surface area contributed by atoms with Gasteiger partial charge >= 0.3 is 0 Å².